The SMILES string of the molecule is CCC1(C)CN(Cc2cncc(C)c2)C2(CCCC2)CN1. The molecule has 0 amide bonds. The third-order valence-electron chi connectivity index (χ3n) is 5.67. The summed E-state index contributed by atoms with van der Waals surface area (Å²) in [5.41, 5.74) is 3.27. The summed E-state index contributed by atoms with van der Waals surface area (Å²) in [6.07, 6.45) is 10.6. The van der Waals surface area contributed by atoms with Gasteiger partial charge in [0.15, 0.2) is 0 Å². The van der Waals surface area contributed by atoms with Crippen LogP contribution in [0.25, 0.3) is 0 Å². The number of aryl methyl sites for hydroxylation is 1. The number of rotatable bonds is 3. The van der Waals surface area contributed by atoms with Gasteiger partial charge in [-0.2, -0.15) is 0 Å². The zero-order valence-corrected chi connectivity index (χ0v) is 13.8. The summed E-state index contributed by atoms with van der Waals surface area (Å²) < 4.78 is 0. The zero-order valence-electron chi connectivity index (χ0n) is 13.8. The van der Waals surface area contributed by atoms with Crippen LogP contribution < -0.4 is 5.32 Å². The summed E-state index contributed by atoms with van der Waals surface area (Å²) in [6.45, 7) is 10.2. The molecule has 0 bridgehead atoms. The van der Waals surface area contributed by atoms with E-state index in [9.17, 15) is 0 Å². The molecule has 3 rings (SSSR count). The van der Waals surface area contributed by atoms with Gasteiger partial charge in [0.25, 0.3) is 0 Å². The van der Waals surface area contributed by atoms with Gasteiger partial charge >= 0.3 is 0 Å². The van der Waals surface area contributed by atoms with Crippen molar-refractivity contribution >= 4 is 0 Å². The summed E-state index contributed by atoms with van der Waals surface area (Å²) in [7, 11) is 0. The van der Waals surface area contributed by atoms with Crippen molar-refractivity contribution in [1.29, 1.82) is 0 Å². The van der Waals surface area contributed by atoms with Gasteiger partial charge in [-0.25, -0.2) is 0 Å². The van der Waals surface area contributed by atoms with Crippen LogP contribution >= 0.6 is 0 Å². The lowest BCUT2D eigenvalue weighted by Crippen LogP contribution is -2.67. The molecule has 1 spiro atoms. The Kier molecular flexibility index (Phi) is 4.06. The molecule has 1 saturated heterocycles. The molecule has 1 unspecified atom stereocenters. The Labute approximate surface area is 129 Å². The van der Waals surface area contributed by atoms with E-state index in [0.717, 1.165) is 19.6 Å². The van der Waals surface area contributed by atoms with E-state index in [2.05, 4.69) is 42.0 Å². The number of aromatic nitrogens is 1. The molecular weight excluding hydrogens is 258 g/mol. The van der Waals surface area contributed by atoms with Gasteiger partial charge in [-0.3, -0.25) is 9.88 Å². The van der Waals surface area contributed by atoms with Crippen molar-refractivity contribution in [3.8, 4) is 0 Å². The number of pyridine rings is 1. The Hall–Kier alpha value is -0.930. The van der Waals surface area contributed by atoms with Crippen LogP contribution in [0.5, 0.6) is 0 Å². The van der Waals surface area contributed by atoms with Crippen molar-refractivity contribution in [1.82, 2.24) is 15.2 Å². The van der Waals surface area contributed by atoms with Crippen LogP contribution in [0.2, 0.25) is 0 Å². The van der Waals surface area contributed by atoms with E-state index in [0.29, 0.717) is 5.54 Å². The molecule has 1 atom stereocenters. The monoisotopic (exact) mass is 287 g/mol. The normalized spacial score (nSPS) is 29.1. The summed E-state index contributed by atoms with van der Waals surface area (Å²) in [6, 6.07) is 2.29. The van der Waals surface area contributed by atoms with Crippen molar-refractivity contribution in [2.75, 3.05) is 13.1 Å². The maximum absolute atomic E-state index is 4.38. The first kappa shape index (κ1) is 15.0. The smallest absolute Gasteiger partial charge is 0.0338 e. The van der Waals surface area contributed by atoms with Crippen LogP contribution in [0.15, 0.2) is 18.5 Å². The highest BCUT2D eigenvalue weighted by Gasteiger charge is 2.46. The molecule has 1 saturated carbocycles. The molecule has 3 nitrogen and oxygen atoms in total. The highest BCUT2D eigenvalue weighted by molar-refractivity contribution is 5.18. The summed E-state index contributed by atoms with van der Waals surface area (Å²) in [5, 5.41) is 3.85. The lowest BCUT2D eigenvalue weighted by atomic mass is 9.84. The topological polar surface area (TPSA) is 28.2 Å². The Morgan fingerprint density at radius 2 is 2.05 bits per heavy atom. The van der Waals surface area contributed by atoms with Crippen molar-refractivity contribution < 1.29 is 0 Å². The number of hydrogen-bond donors (Lipinski definition) is 1. The first-order valence-electron chi connectivity index (χ1n) is 8.46. The summed E-state index contributed by atoms with van der Waals surface area (Å²) >= 11 is 0. The molecular formula is C18H29N3. The van der Waals surface area contributed by atoms with Crippen LogP contribution in [0.1, 0.15) is 57.1 Å². The second kappa shape index (κ2) is 5.69. The van der Waals surface area contributed by atoms with Crippen molar-refractivity contribution in [2.24, 2.45) is 0 Å². The van der Waals surface area contributed by atoms with Crippen LogP contribution in [0.3, 0.4) is 0 Å². The standard InChI is InChI=1S/C18H29N3/c1-4-17(3)14-21(12-16-9-15(2)10-19-11-16)18(13-20-17)7-5-6-8-18/h9-11,20H,4-8,12-14H2,1-3H3. The van der Waals surface area contributed by atoms with Crippen molar-refractivity contribution in [3.05, 3.63) is 29.6 Å². The fourth-order valence-corrected chi connectivity index (χ4v) is 4.05. The molecule has 0 radical (unpaired) electrons. The number of nitrogens with one attached hydrogen (secondary N) is 1. The largest absolute Gasteiger partial charge is 0.308 e. The third-order valence-corrected chi connectivity index (χ3v) is 5.67. The molecule has 21 heavy (non-hydrogen) atoms. The van der Waals surface area contributed by atoms with E-state index in [-0.39, 0.29) is 5.54 Å². The van der Waals surface area contributed by atoms with E-state index in [1.165, 1.54) is 43.2 Å². The van der Waals surface area contributed by atoms with Gasteiger partial charge in [0.2, 0.25) is 0 Å². The molecule has 1 aromatic rings. The minimum absolute atomic E-state index is 0.255. The van der Waals surface area contributed by atoms with Crippen molar-refractivity contribution in [2.45, 2.75) is 70.5 Å². The average molecular weight is 287 g/mol. The predicted octanol–water partition coefficient (Wildman–Crippen LogP) is 3.28. The second-order valence-corrected chi connectivity index (χ2v) is 7.43. The fraction of sp³-hybridized carbons (Fsp3) is 0.722. The number of piperazine rings is 1. The molecule has 1 N–H and O–H groups in total. The number of nitrogens with zero attached hydrogens (tertiary/aromatic N) is 2. The number of hydrogen-bond acceptors (Lipinski definition) is 3. The average Bonchev–Trinajstić information content (AvgIpc) is 2.94. The molecule has 1 aliphatic heterocycles. The van der Waals surface area contributed by atoms with Crippen LogP contribution in [-0.4, -0.2) is 34.1 Å². The van der Waals surface area contributed by atoms with E-state index < -0.39 is 0 Å². The quantitative estimate of drug-likeness (QED) is 0.925. The Morgan fingerprint density at radius 1 is 1.29 bits per heavy atom. The van der Waals surface area contributed by atoms with Crippen molar-refractivity contribution in [3.63, 3.8) is 0 Å². The third kappa shape index (κ3) is 3.00. The van der Waals surface area contributed by atoms with Crippen LogP contribution in [0.4, 0.5) is 0 Å². The predicted molar refractivity (Wildman–Crippen MR) is 87.3 cm³/mol. The van der Waals surface area contributed by atoms with Gasteiger partial charge in [0.1, 0.15) is 0 Å². The fourth-order valence-electron chi connectivity index (χ4n) is 4.05. The molecule has 116 valence electrons. The molecule has 3 heteroatoms. The van der Waals surface area contributed by atoms with E-state index in [4.69, 9.17) is 0 Å². The van der Waals surface area contributed by atoms with E-state index >= 15 is 0 Å². The highest BCUT2D eigenvalue weighted by atomic mass is 15.3. The lowest BCUT2D eigenvalue weighted by molar-refractivity contribution is 0.00525. The molecule has 2 fully saturated rings. The maximum atomic E-state index is 4.38. The Bertz CT molecular complexity index is 493. The van der Waals surface area contributed by atoms with Gasteiger partial charge < -0.3 is 5.32 Å². The lowest BCUT2D eigenvalue weighted by Gasteiger charge is -2.52. The van der Waals surface area contributed by atoms with Gasteiger partial charge in [0.05, 0.1) is 0 Å². The van der Waals surface area contributed by atoms with E-state index in [1.807, 2.05) is 12.4 Å². The maximum Gasteiger partial charge on any atom is 0.0338 e. The molecule has 0 aromatic carbocycles. The second-order valence-electron chi connectivity index (χ2n) is 7.43. The molecule has 1 aromatic heterocycles. The molecule has 1 aliphatic carbocycles. The van der Waals surface area contributed by atoms with Crippen LogP contribution in [0, 0.1) is 6.92 Å². The van der Waals surface area contributed by atoms with E-state index in [1.54, 1.807) is 0 Å². The Balaban J connectivity index is 1.83. The minimum atomic E-state index is 0.255. The highest BCUT2D eigenvalue weighted by Crippen LogP contribution is 2.39. The zero-order chi connectivity index (χ0) is 14.9. The summed E-state index contributed by atoms with van der Waals surface area (Å²) in [4.78, 5) is 7.14. The first-order chi connectivity index (χ1) is 10.1. The van der Waals surface area contributed by atoms with Gasteiger partial charge in [-0.05, 0) is 44.2 Å². The summed E-state index contributed by atoms with van der Waals surface area (Å²) in [5.74, 6) is 0. The minimum Gasteiger partial charge on any atom is -0.308 e. The Morgan fingerprint density at radius 3 is 2.71 bits per heavy atom. The first-order valence-corrected chi connectivity index (χ1v) is 8.46. The molecule has 2 aliphatic rings. The van der Waals surface area contributed by atoms with Gasteiger partial charge in [0, 0.05) is 43.1 Å². The van der Waals surface area contributed by atoms with Gasteiger partial charge in [-0.15, -0.1) is 0 Å². The van der Waals surface area contributed by atoms with Gasteiger partial charge in [-0.1, -0.05) is 25.8 Å². The molecule has 2 heterocycles. The van der Waals surface area contributed by atoms with Crippen LogP contribution in [-0.2, 0) is 6.54 Å².